The number of aromatic hydroxyl groups is 1. The molecule has 0 radical (unpaired) electrons. The molecule has 1 aliphatic rings. The first-order chi connectivity index (χ1) is 13.9. The Labute approximate surface area is 172 Å². The third-order valence-corrected chi connectivity index (χ3v) is 7.73. The first kappa shape index (κ1) is 19.9. The largest absolute Gasteiger partial charge is 0.508 e. The number of nitrogens with zero attached hydrogens (tertiary/aromatic N) is 2. The number of hydrogen-bond donors (Lipinski definition) is 1. The maximum absolute atomic E-state index is 12.7. The maximum Gasteiger partial charge on any atom is 0.336 e. The van der Waals surface area contributed by atoms with E-state index >= 15 is 0 Å². The number of sulfonamides is 1. The van der Waals surface area contributed by atoms with Gasteiger partial charge in [-0.1, -0.05) is 6.42 Å². The summed E-state index contributed by atoms with van der Waals surface area (Å²) in [5.41, 5.74) is 0.590. The number of thioether (sulfide) groups is 1. The average molecular weight is 433 g/mol. The number of benzene rings is 1. The van der Waals surface area contributed by atoms with Gasteiger partial charge in [-0.25, -0.2) is 18.2 Å². The Bertz CT molecular complexity index is 1180. The van der Waals surface area contributed by atoms with Crippen LogP contribution < -0.4 is 5.63 Å². The molecule has 4 rings (SSSR count). The maximum atomic E-state index is 12.7. The van der Waals surface area contributed by atoms with Gasteiger partial charge in [0.2, 0.25) is 10.0 Å². The monoisotopic (exact) mass is 432 g/mol. The van der Waals surface area contributed by atoms with Gasteiger partial charge in [-0.2, -0.15) is 4.31 Å². The summed E-state index contributed by atoms with van der Waals surface area (Å²) in [6.45, 7) is 1.11. The lowest BCUT2D eigenvalue weighted by molar-refractivity contribution is 0.346. The number of aromatic nitrogens is 1. The van der Waals surface area contributed by atoms with E-state index in [-0.39, 0.29) is 10.6 Å². The third-order valence-electron chi connectivity index (χ3n) is 4.85. The molecule has 0 spiro atoms. The first-order valence-electron chi connectivity index (χ1n) is 9.28. The molecule has 3 heterocycles. The van der Waals surface area contributed by atoms with E-state index < -0.39 is 15.6 Å². The van der Waals surface area contributed by atoms with E-state index in [1.807, 2.05) is 0 Å². The number of hydrogen-bond acceptors (Lipinski definition) is 7. The number of phenols is 1. The summed E-state index contributed by atoms with van der Waals surface area (Å²) in [7, 11) is -3.50. The van der Waals surface area contributed by atoms with E-state index in [4.69, 9.17) is 4.42 Å². The summed E-state index contributed by atoms with van der Waals surface area (Å²) in [6.07, 6.45) is 4.22. The first-order valence-corrected chi connectivity index (χ1v) is 11.7. The van der Waals surface area contributed by atoms with Gasteiger partial charge in [-0.15, -0.1) is 11.8 Å². The third kappa shape index (κ3) is 4.31. The average Bonchev–Trinajstić information content (AvgIpc) is 2.72. The molecule has 29 heavy (non-hydrogen) atoms. The molecule has 2 aromatic heterocycles. The van der Waals surface area contributed by atoms with Crippen molar-refractivity contribution in [2.24, 2.45) is 0 Å². The molecule has 0 atom stereocenters. The van der Waals surface area contributed by atoms with E-state index in [1.165, 1.54) is 40.5 Å². The normalized spacial score (nSPS) is 15.6. The Morgan fingerprint density at radius 2 is 1.90 bits per heavy atom. The quantitative estimate of drug-likeness (QED) is 0.487. The minimum atomic E-state index is -3.50. The summed E-state index contributed by atoms with van der Waals surface area (Å²) in [5, 5.41) is 11.0. The van der Waals surface area contributed by atoms with Crippen molar-refractivity contribution in [3.63, 3.8) is 0 Å². The van der Waals surface area contributed by atoms with Crippen LogP contribution in [0.3, 0.4) is 0 Å². The molecule has 0 aliphatic carbocycles. The van der Waals surface area contributed by atoms with Crippen molar-refractivity contribution >= 4 is 32.8 Å². The summed E-state index contributed by atoms with van der Waals surface area (Å²) in [4.78, 5) is 16.3. The van der Waals surface area contributed by atoms with Crippen LogP contribution in [0.2, 0.25) is 0 Å². The Morgan fingerprint density at radius 3 is 2.62 bits per heavy atom. The molecule has 0 unspecified atom stereocenters. The van der Waals surface area contributed by atoms with Gasteiger partial charge < -0.3 is 9.52 Å². The zero-order valence-corrected chi connectivity index (χ0v) is 17.2. The van der Waals surface area contributed by atoms with Gasteiger partial charge in [0, 0.05) is 42.6 Å². The van der Waals surface area contributed by atoms with Crippen LogP contribution in [0, 0.1) is 0 Å². The zero-order valence-electron chi connectivity index (χ0n) is 15.6. The summed E-state index contributed by atoms with van der Waals surface area (Å²) >= 11 is 1.39. The van der Waals surface area contributed by atoms with Gasteiger partial charge in [-0.3, -0.25) is 0 Å². The molecule has 1 N–H and O–H groups in total. The van der Waals surface area contributed by atoms with E-state index in [9.17, 15) is 18.3 Å². The molecule has 1 aliphatic heterocycles. The standard InChI is InChI=1S/C20H20N2O5S2/c23-15-4-6-17-14(10-20(24)27-18(17)11-15)13-28-19-7-5-16(12-21-19)29(25,26)22-8-2-1-3-9-22/h4-7,10-12,23H,1-3,8-9,13H2. The lowest BCUT2D eigenvalue weighted by Gasteiger charge is -2.25. The molecular weight excluding hydrogens is 412 g/mol. The van der Waals surface area contributed by atoms with Crippen molar-refractivity contribution in [3.05, 3.63) is 58.6 Å². The molecule has 3 aromatic rings. The van der Waals surface area contributed by atoms with E-state index in [0.29, 0.717) is 29.5 Å². The highest BCUT2D eigenvalue weighted by molar-refractivity contribution is 7.98. The molecule has 1 fully saturated rings. The molecular formula is C20H20N2O5S2. The van der Waals surface area contributed by atoms with Gasteiger partial charge in [0.05, 0.1) is 5.03 Å². The fraction of sp³-hybridized carbons (Fsp3) is 0.300. The predicted molar refractivity (Wildman–Crippen MR) is 111 cm³/mol. The van der Waals surface area contributed by atoms with Crippen molar-refractivity contribution in [2.75, 3.05) is 13.1 Å². The van der Waals surface area contributed by atoms with Gasteiger partial charge in [0.1, 0.15) is 16.2 Å². The lowest BCUT2D eigenvalue weighted by Crippen LogP contribution is -2.35. The number of rotatable bonds is 5. The fourth-order valence-electron chi connectivity index (χ4n) is 3.35. The SMILES string of the molecule is O=c1cc(CSc2ccc(S(=O)(=O)N3CCCCC3)cn2)c2ccc(O)cc2o1. The fourth-order valence-corrected chi connectivity index (χ4v) is 5.65. The minimum Gasteiger partial charge on any atom is -0.508 e. The van der Waals surface area contributed by atoms with Crippen molar-refractivity contribution in [1.82, 2.24) is 9.29 Å². The van der Waals surface area contributed by atoms with Crippen LogP contribution in [0.5, 0.6) is 5.75 Å². The zero-order chi connectivity index (χ0) is 20.4. The Hall–Kier alpha value is -2.36. The van der Waals surface area contributed by atoms with Gasteiger partial charge in [0.15, 0.2) is 0 Å². The molecule has 0 saturated carbocycles. The van der Waals surface area contributed by atoms with Gasteiger partial charge in [-0.05, 0) is 42.7 Å². The molecule has 9 heteroatoms. The molecule has 1 aromatic carbocycles. The van der Waals surface area contributed by atoms with Crippen molar-refractivity contribution in [1.29, 1.82) is 0 Å². The number of phenolic OH excluding ortho intramolecular Hbond substituents is 1. The highest BCUT2D eigenvalue weighted by Crippen LogP contribution is 2.28. The van der Waals surface area contributed by atoms with Crippen molar-refractivity contribution < 1.29 is 17.9 Å². The highest BCUT2D eigenvalue weighted by atomic mass is 32.2. The van der Waals surface area contributed by atoms with E-state index in [2.05, 4.69) is 4.98 Å². The molecule has 0 amide bonds. The van der Waals surface area contributed by atoms with Crippen LogP contribution in [0.25, 0.3) is 11.0 Å². The predicted octanol–water partition coefficient (Wildman–Crippen LogP) is 3.36. The van der Waals surface area contributed by atoms with Crippen LogP contribution in [0.1, 0.15) is 24.8 Å². The lowest BCUT2D eigenvalue weighted by atomic mass is 10.1. The second kappa shape index (κ2) is 8.17. The van der Waals surface area contributed by atoms with E-state index in [1.54, 1.807) is 18.2 Å². The van der Waals surface area contributed by atoms with Crippen LogP contribution in [0.15, 0.2) is 61.7 Å². The minimum absolute atomic E-state index is 0.0256. The Kier molecular flexibility index (Phi) is 5.62. The van der Waals surface area contributed by atoms with Crippen LogP contribution in [0.4, 0.5) is 0 Å². The molecule has 7 nitrogen and oxygen atoms in total. The Balaban J connectivity index is 1.51. The van der Waals surface area contributed by atoms with Crippen LogP contribution >= 0.6 is 11.8 Å². The second-order valence-corrected chi connectivity index (χ2v) is 9.79. The van der Waals surface area contributed by atoms with Crippen molar-refractivity contribution in [3.8, 4) is 5.75 Å². The number of pyridine rings is 1. The topological polar surface area (TPSA) is 101 Å². The smallest absolute Gasteiger partial charge is 0.336 e. The number of fused-ring (bicyclic) bond motifs is 1. The summed E-state index contributed by atoms with van der Waals surface area (Å²) < 4.78 is 32.1. The summed E-state index contributed by atoms with van der Waals surface area (Å²) in [5.74, 6) is 0.482. The van der Waals surface area contributed by atoms with Crippen LogP contribution in [-0.2, 0) is 15.8 Å². The Morgan fingerprint density at radius 1 is 1.10 bits per heavy atom. The van der Waals surface area contributed by atoms with Gasteiger partial charge >= 0.3 is 5.63 Å². The highest BCUT2D eigenvalue weighted by Gasteiger charge is 2.26. The molecule has 152 valence electrons. The van der Waals surface area contributed by atoms with Crippen molar-refractivity contribution in [2.45, 2.75) is 34.9 Å². The van der Waals surface area contributed by atoms with Crippen LogP contribution in [-0.4, -0.2) is 35.9 Å². The summed E-state index contributed by atoms with van der Waals surface area (Å²) in [6, 6.07) is 9.32. The second-order valence-electron chi connectivity index (χ2n) is 6.86. The van der Waals surface area contributed by atoms with Gasteiger partial charge in [0.25, 0.3) is 0 Å². The van der Waals surface area contributed by atoms with E-state index in [0.717, 1.165) is 30.2 Å². The number of piperidine rings is 1. The molecule has 0 bridgehead atoms. The molecule has 1 saturated heterocycles.